The molecule has 0 unspecified atom stereocenters. The molecule has 1 aromatic carbocycles. The van der Waals surface area contributed by atoms with Gasteiger partial charge in [0, 0.05) is 23.2 Å². The van der Waals surface area contributed by atoms with E-state index in [9.17, 15) is 14.0 Å². The zero-order valence-corrected chi connectivity index (χ0v) is 13.8. The van der Waals surface area contributed by atoms with E-state index in [4.69, 9.17) is 5.11 Å². The minimum absolute atomic E-state index is 0.0267. The lowest BCUT2D eigenvalue weighted by molar-refractivity contribution is -0.133. The molecule has 0 fully saturated rings. The second-order valence-corrected chi connectivity index (χ2v) is 6.59. The molecule has 0 aliphatic rings. The fourth-order valence-corrected chi connectivity index (χ4v) is 3.17. The Balaban J connectivity index is 1.80. The number of nitrogens with one attached hydrogen (secondary N) is 1. The molecule has 2 aromatic rings. The van der Waals surface area contributed by atoms with E-state index in [-0.39, 0.29) is 23.9 Å². The molecule has 1 amide bonds. The summed E-state index contributed by atoms with van der Waals surface area (Å²) >= 11 is 2.61. The van der Waals surface area contributed by atoms with E-state index in [0.717, 1.165) is 0 Å². The molecule has 0 aliphatic carbocycles. The van der Waals surface area contributed by atoms with E-state index in [0.29, 0.717) is 28.6 Å². The zero-order chi connectivity index (χ0) is 16.7. The van der Waals surface area contributed by atoms with Crippen molar-refractivity contribution in [3.8, 4) is 10.6 Å². The van der Waals surface area contributed by atoms with Gasteiger partial charge in [0.15, 0.2) is 0 Å². The summed E-state index contributed by atoms with van der Waals surface area (Å²) in [6, 6.07) is 6.16. The fourth-order valence-electron chi connectivity index (χ4n) is 1.79. The first kappa shape index (κ1) is 17.4. The Morgan fingerprint density at radius 1 is 1.39 bits per heavy atom. The number of hydrogen-bond donors (Lipinski definition) is 2. The molecule has 2 N–H and O–H groups in total. The largest absolute Gasteiger partial charge is 0.481 e. The summed E-state index contributed by atoms with van der Waals surface area (Å²) in [4.78, 5) is 26.5. The van der Waals surface area contributed by atoms with Crippen molar-refractivity contribution in [2.24, 2.45) is 0 Å². The summed E-state index contributed by atoms with van der Waals surface area (Å²) in [5.41, 5.74) is 1.32. The van der Waals surface area contributed by atoms with Crippen molar-refractivity contribution in [1.82, 2.24) is 10.3 Å². The van der Waals surface area contributed by atoms with Gasteiger partial charge in [-0.1, -0.05) is 12.1 Å². The molecule has 0 radical (unpaired) electrons. The Hall–Kier alpha value is -1.93. The van der Waals surface area contributed by atoms with E-state index < -0.39 is 5.97 Å². The summed E-state index contributed by atoms with van der Waals surface area (Å²) in [7, 11) is 0. The molecule has 0 saturated carbocycles. The van der Waals surface area contributed by atoms with Crippen molar-refractivity contribution in [1.29, 1.82) is 0 Å². The number of halogens is 1. The van der Waals surface area contributed by atoms with Crippen molar-refractivity contribution in [2.45, 2.75) is 6.42 Å². The number of hydrogen-bond acceptors (Lipinski definition) is 5. The molecule has 0 saturated heterocycles. The molecular weight excluding hydrogens is 339 g/mol. The van der Waals surface area contributed by atoms with Crippen molar-refractivity contribution < 1.29 is 19.1 Å². The van der Waals surface area contributed by atoms with Crippen LogP contribution < -0.4 is 5.32 Å². The Morgan fingerprint density at radius 3 is 2.96 bits per heavy atom. The summed E-state index contributed by atoms with van der Waals surface area (Å²) in [6.45, 7) is 0.414. The van der Waals surface area contributed by atoms with Crippen molar-refractivity contribution in [2.75, 3.05) is 18.1 Å². The lowest BCUT2D eigenvalue weighted by Crippen LogP contribution is -2.27. The van der Waals surface area contributed by atoms with Gasteiger partial charge in [-0.3, -0.25) is 9.59 Å². The Bertz CT molecular complexity index is 691. The second-order valence-electron chi connectivity index (χ2n) is 4.63. The number of rotatable bonds is 8. The molecule has 0 spiro atoms. The van der Waals surface area contributed by atoms with E-state index >= 15 is 0 Å². The third kappa shape index (κ3) is 5.99. The van der Waals surface area contributed by atoms with Crippen LogP contribution in [-0.4, -0.2) is 40.0 Å². The number of carboxylic acid groups (broad SMARTS) is 1. The predicted octanol–water partition coefficient (Wildman–Crippen LogP) is 2.43. The highest BCUT2D eigenvalue weighted by atomic mass is 32.2. The highest BCUT2D eigenvalue weighted by molar-refractivity contribution is 7.99. The van der Waals surface area contributed by atoms with Crippen molar-refractivity contribution in [3.05, 3.63) is 41.2 Å². The van der Waals surface area contributed by atoms with Crippen LogP contribution in [0.5, 0.6) is 0 Å². The minimum atomic E-state index is -0.867. The molecule has 2 rings (SSSR count). The number of thioether (sulfide) groups is 1. The van der Waals surface area contributed by atoms with Crippen LogP contribution in [0.3, 0.4) is 0 Å². The molecule has 1 heterocycles. The summed E-state index contributed by atoms with van der Waals surface area (Å²) in [5.74, 6) is -0.788. The maximum atomic E-state index is 13.2. The topological polar surface area (TPSA) is 79.3 Å². The summed E-state index contributed by atoms with van der Waals surface area (Å²) in [5, 5.41) is 13.7. The van der Waals surface area contributed by atoms with Gasteiger partial charge in [0.25, 0.3) is 0 Å². The Morgan fingerprint density at radius 2 is 2.22 bits per heavy atom. The maximum absolute atomic E-state index is 13.2. The van der Waals surface area contributed by atoms with Crippen LogP contribution in [-0.2, 0) is 16.0 Å². The monoisotopic (exact) mass is 354 g/mol. The van der Waals surface area contributed by atoms with Crippen LogP contribution in [0.25, 0.3) is 10.6 Å². The van der Waals surface area contributed by atoms with E-state index in [1.54, 1.807) is 17.5 Å². The van der Waals surface area contributed by atoms with Gasteiger partial charge in [0.1, 0.15) is 10.8 Å². The van der Waals surface area contributed by atoms with Crippen molar-refractivity contribution >= 4 is 35.0 Å². The molecule has 5 nitrogen and oxygen atoms in total. The number of amides is 1. The number of aromatic nitrogens is 1. The van der Waals surface area contributed by atoms with Gasteiger partial charge in [-0.05, 0) is 12.1 Å². The van der Waals surface area contributed by atoms with Crippen LogP contribution in [0, 0.1) is 5.82 Å². The number of carbonyl (C=O) groups is 2. The Kier molecular flexibility index (Phi) is 6.54. The molecular formula is C15H15FN2O3S2. The number of benzene rings is 1. The number of thiazole rings is 1. The predicted molar refractivity (Wildman–Crippen MR) is 89.2 cm³/mol. The van der Waals surface area contributed by atoms with E-state index in [2.05, 4.69) is 10.3 Å². The van der Waals surface area contributed by atoms with Crippen LogP contribution >= 0.6 is 23.1 Å². The van der Waals surface area contributed by atoms with Gasteiger partial charge in [-0.15, -0.1) is 23.1 Å². The summed E-state index contributed by atoms with van der Waals surface area (Å²) in [6.07, 6.45) is 0.148. The minimum Gasteiger partial charge on any atom is -0.481 e. The molecule has 122 valence electrons. The highest BCUT2D eigenvalue weighted by Gasteiger charge is 2.09. The lowest BCUT2D eigenvalue weighted by Gasteiger charge is -2.03. The van der Waals surface area contributed by atoms with Gasteiger partial charge < -0.3 is 10.4 Å². The van der Waals surface area contributed by atoms with Gasteiger partial charge in [0.2, 0.25) is 5.91 Å². The van der Waals surface area contributed by atoms with Crippen LogP contribution in [0.2, 0.25) is 0 Å². The smallest absolute Gasteiger partial charge is 0.313 e. The average molecular weight is 354 g/mol. The molecule has 1 aromatic heterocycles. The van der Waals surface area contributed by atoms with E-state index in [1.807, 2.05) is 0 Å². The first-order valence-corrected chi connectivity index (χ1v) is 8.84. The molecule has 0 bridgehead atoms. The van der Waals surface area contributed by atoms with Gasteiger partial charge in [-0.2, -0.15) is 0 Å². The third-order valence-corrected chi connectivity index (χ3v) is 4.64. The first-order valence-electron chi connectivity index (χ1n) is 6.81. The SMILES string of the molecule is O=C(O)CSCCNC(=O)Cc1csc(-c2cccc(F)c2)n1. The Labute approximate surface area is 140 Å². The standard InChI is InChI=1S/C15H15FN2O3S2/c16-11-3-1-2-10(6-11)15-18-12(8-23-15)7-13(19)17-4-5-22-9-14(20)21/h1-3,6,8H,4-5,7,9H2,(H,17,19)(H,20,21). The van der Waals surface area contributed by atoms with Crippen LogP contribution in [0.1, 0.15) is 5.69 Å². The number of carboxylic acids is 1. The number of carbonyl (C=O) groups excluding carboxylic acids is 1. The fraction of sp³-hybridized carbons (Fsp3) is 0.267. The first-order chi connectivity index (χ1) is 11.0. The molecule has 0 atom stereocenters. The zero-order valence-electron chi connectivity index (χ0n) is 12.1. The quantitative estimate of drug-likeness (QED) is 0.712. The lowest BCUT2D eigenvalue weighted by atomic mass is 10.2. The van der Waals surface area contributed by atoms with Crippen LogP contribution in [0.15, 0.2) is 29.6 Å². The molecule has 0 aliphatic heterocycles. The third-order valence-electron chi connectivity index (χ3n) is 2.76. The average Bonchev–Trinajstić information content (AvgIpc) is 2.95. The molecule has 23 heavy (non-hydrogen) atoms. The summed E-state index contributed by atoms with van der Waals surface area (Å²) < 4.78 is 13.2. The van der Waals surface area contributed by atoms with E-state index in [1.165, 1.54) is 35.2 Å². The number of nitrogens with zero attached hydrogens (tertiary/aromatic N) is 1. The highest BCUT2D eigenvalue weighted by Crippen LogP contribution is 2.24. The normalized spacial score (nSPS) is 10.5. The van der Waals surface area contributed by atoms with Gasteiger partial charge in [0.05, 0.1) is 17.9 Å². The second kappa shape index (κ2) is 8.64. The molecule has 8 heteroatoms. The maximum Gasteiger partial charge on any atom is 0.313 e. The van der Waals surface area contributed by atoms with Gasteiger partial charge >= 0.3 is 5.97 Å². The van der Waals surface area contributed by atoms with Gasteiger partial charge in [-0.25, -0.2) is 9.37 Å². The van der Waals surface area contributed by atoms with Crippen LogP contribution in [0.4, 0.5) is 4.39 Å². The van der Waals surface area contributed by atoms with Crippen molar-refractivity contribution in [3.63, 3.8) is 0 Å². The number of aliphatic carboxylic acids is 1.